The van der Waals surface area contributed by atoms with Crippen LogP contribution in [0.15, 0.2) is 53.1 Å². The van der Waals surface area contributed by atoms with E-state index >= 15 is 0 Å². The van der Waals surface area contributed by atoms with Gasteiger partial charge in [0.25, 0.3) is 0 Å². The molecule has 0 saturated carbocycles. The molecule has 0 saturated heterocycles. The zero-order valence-corrected chi connectivity index (χ0v) is 16.6. The molecule has 0 spiro atoms. The van der Waals surface area contributed by atoms with Crippen molar-refractivity contribution in [1.82, 2.24) is 19.7 Å². The smallest absolute Gasteiger partial charge is 0.232 e. The number of hydrogen-bond donors (Lipinski definition) is 0. The Morgan fingerprint density at radius 3 is 2.46 bits per heavy atom. The van der Waals surface area contributed by atoms with E-state index in [4.69, 9.17) is 14.2 Å². The summed E-state index contributed by atoms with van der Waals surface area (Å²) in [6.45, 7) is 9.06. The molecule has 0 amide bonds. The van der Waals surface area contributed by atoms with Crippen LogP contribution in [0, 0.1) is 6.92 Å². The molecule has 144 valence electrons. The largest absolute Gasteiger partial charge is 0.486 e. The first kappa shape index (κ1) is 18.2. The van der Waals surface area contributed by atoms with Crippen LogP contribution in [-0.4, -0.2) is 19.7 Å². The Morgan fingerprint density at radius 2 is 1.75 bits per heavy atom. The van der Waals surface area contributed by atoms with E-state index in [9.17, 15) is 0 Å². The molecule has 2 heterocycles. The Kier molecular flexibility index (Phi) is 4.63. The quantitative estimate of drug-likeness (QED) is 0.507. The summed E-state index contributed by atoms with van der Waals surface area (Å²) in [6, 6.07) is 16.0. The van der Waals surface area contributed by atoms with Crippen LogP contribution >= 0.6 is 0 Å². The number of aromatic nitrogens is 4. The molecule has 2 aromatic carbocycles. The SMILES string of the molecule is Cc1ccc(OCc2nc3ccccc3n2Cc2noc(C(C)(C)C)n2)cc1. The first-order valence-electron chi connectivity index (χ1n) is 9.37. The Bertz CT molecular complexity index is 1090. The van der Waals surface area contributed by atoms with Gasteiger partial charge in [0, 0.05) is 5.41 Å². The van der Waals surface area contributed by atoms with E-state index in [1.54, 1.807) is 0 Å². The first-order valence-corrected chi connectivity index (χ1v) is 9.37. The second-order valence-electron chi connectivity index (χ2n) is 7.97. The van der Waals surface area contributed by atoms with E-state index in [2.05, 4.69) is 42.4 Å². The fraction of sp³-hybridized carbons (Fsp3) is 0.318. The highest BCUT2D eigenvalue weighted by atomic mass is 16.5. The van der Waals surface area contributed by atoms with Gasteiger partial charge in [0.1, 0.15) is 18.2 Å². The monoisotopic (exact) mass is 376 g/mol. The third-order valence-electron chi connectivity index (χ3n) is 4.53. The minimum Gasteiger partial charge on any atom is -0.486 e. The zero-order chi connectivity index (χ0) is 19.7. The highest BCUT2D eigenvalue weighted by Crippen LogP contribution is 2.22. The molecule has 0 fully saturated rings. The van der Waals surface area contributed by atoms with Gasteiger partial charge in [0.15, 0.2) is 5.82 Å². The van der Waals surface area contributed by atoms with E-state index in [0.29, 0.717) is 24.9 Å². The Hall–Kier alpha value is -3.15. The van der Waals surface area contributed by atoms with E-state index in [1.807, 2.05) is 48.5 Å². The molecular weight excluding hydrogens is 352 g/mol. The maximum atomic E-state index is 5.97. The van der Waals surface area contributed by atoms with Crippen LogP contribution in [0.4, 0.5) is 0 Å². The van der Waals surface area contributed by atoms with Crippen LogP contribution in [0.2, 0.25) is 0 Å². The van der Waals surface area contributed by atoms with Gasteiger partial charge in [-0.05, 0) is 31.2 Å². The molecule has 6 nitrogen and oxygen atoms in total. The van der Waals surface area contributed by atoms with Crippen molar-refractivity contribution in [2.24, 2.45) is 0 Å². The van der Waals surface area contributed by atoms with Crippen molar-refractivity contribution in [1.29, 1.82) is 0 Å². The summed E-state index contributed by atoms with van der Waals surface area (Å²) in [6.07, 6.45) is 0. The van der Waals surface area contributed by atoms with Crippen molar-refractivity contribution in [2.45, 2.75) is 46.3 Å². The van der Waals surface area contributed by atoms with Crippen molar-refractivity contribution >= 4 is 11.0 Å². The first-order chi connectivity index (χ1) is 13.4. The summed E-state index contributed by atoms with van der Waals surface area (Å²) < 4.78 is 13.5. The fourth-order valence-corrected chi connectivity index (χ4v) is 2.96. The molecule has 0 bridgehead atoms. The average molecular weight is 376 g/mol. The average Bonchev–Trinajstić information content (AvgIpc) is 3.27. The summed E-state index contributed by atoms with van der Waals surface area (Å²) >= 11 is 0. The number of para-hydroxylation sites is 2. The molecule has 0 radical (unpaired) electrons. The van der Waals surface area contributed by atoms with Gasteiger partial charge in [-0.15, -0.1) is 0 Å². The van der Waals surface area contributed by atoms with Gasteiger partial charge in [-0.1, -0.05) is 55.8 Å². The number of imidazole rings is 1. The lowest BCUT2D eigenvalue weighted by molar-refractivity contribution is 0.290. The van der Waals surface area contributed by atoms with Crippen molar-refractivity contribution in [2.75, 3.05) is 0 Å². The summed E-state index contributed by atoms with van der Waals surface area (Å²) in [5.41, 5.74) is 2.96. The maximum Gasteiger partial charge on any atom is 0.232 e. The molecule has 0 N–H and O–H groups in total. The predicted molar refractivity (Wildman–Crippen MR) is 107 cm³/mol. The fourth-order valence-electron chi connectivity index (χ4n) is 2.96. The number of nitrogens with zero attached hydrogens (tertiary/aromatic N) is 4. The Morgan fingerprint density at radius 1 is 1.00 bits per heavy atom. The second-order valence-corrected chi connectivity index (χ2v) is 7.97. The highest BCUT2D eigenvalue weighted by Gasteiger charge is 2.22. The van der Waals surface area contributed by atoms with Crippen LogP contribution in [0.3, 0.4) is 0 Å². The minimum atomic E-state index is -0.181. The van der Waals surface area contributed by atoms with Gasteiger partial charge in [-0.2, -0.15) is 4.98 Å². The molecule has 0 atom stereocenters. The van der Waals surface area contributed by atoms with Gasteiger partial charge in [-0.3, -0.25) is 0 Å². The number of benzene rings is 2. The summed E-state index contributed by atoms with van der Waals surface area (Å²) in [5.74, 6) is 2.90. The molecule has 0 aliphatic rings. The van der Waals surface area contributed by atoms with E-state index in [-0.39, 0.29) is 5.41 Å². The molecule has 4 aromatic rings. The molecule has 28 heavy (non-hydrogen) atoms. The second kappa shape index (κ2) is 7.11. The van der Waals surface area contributed by atoms with Crippen LogP contribution in [0.1, 0.15) is 43.9 Å². The highest BCUT2D eigenvalue weighted by molar-refractivity contribution is 5.76. The topological polar surface area (TPSA) is 66.0 Å². The molecule has 0 aliphatic heterocycles. The van der Waals surface area contributed by atoms with Crippen LogP contribution in [-0.2, 0) is 18.6 Å². The summed E-state index contributed by atoms with van der Waals surface area (Å²) in [7, 11) is 0. The van der Waals surface area contributed by atoms with Crippen molar-refractivity contribution < 1.29 is 9.26 Å². The van der Waals surface area contributed by atoms with E-state index in [1.165, 1.54) is 5.56 Å². The number of hydrogen-bond acceptors (Lipinski definition) is 5. The van der Waals surface area contributed by atoms with Gasteiger partial charge < -0.3 is 13.8 Å². The van der Waals surface area contributed by atoms with Crippen LogP contribution < -0.4 is 4.74 Å². The minimum absolute atomic E-state index is 0.181. The Balaban J connectivity index is 1.63. The molecular formula is C22H24N4O2. The van der Waals surface area contributed by atoms with E-state index in [0.717, 1.165) is 22.6 Å². The lowest BCUT2D eigenvalue weighted by Gasteiger charge is -2.11. The predicted octanol–water partition coefficient (Wildman–Crippen LogP) is 4.65. The standard InChI is InChI=1S/C22H24N4O2/c1-15-9-11-16(12-10-15)27-14-20-23-17-7-5-6-8-18(17)26(20)13-19-24-21(28-25-19)22(2,3)4/h5-12H,13-14H2,1-4H3. The number of aryl methyl sites for hydroxylation is 1. The van der Waals surface area contributed by atoms with E-state index < -0.39 is 0 Å². The van der Waals surface area contributed by atoms with Crippen molar-refractivity contribution in [3.8, 4) is 5.75 Å². The summed E-state index contributed by atoms with van der Waals surface area (Å²) in [4.78, 5) is 9.31. The Labute approximate surface area is 164 Å². The molecule has 0 unspecified atom stereocenters. The molecule has 6 heteroatoms. The van der Waals surface area contributed by atoms with Gasteiger partial charge in [0.2, 0.25) is 5.89 Å². The molecule has 2 aromatic heterocycles. The number of rotatable bonds is 5. The van der Waals surface area contributed by atoms with Gasteiger partial charge >= 0.3 is 0 Å². The third-order valence-corrected chi connectivity index (χ3v) is 4.53. The molecule has 4 rings (SSSR count). The van der Waals surface area contributed by atoms with Crippen LogP contribution in [0.5, 0.6) is 5.75 Å². The lowest BCUT2D eigenvalue weighted by Crippen LogP contribution is -2.12. The molecule has 0 aliphatic carbocycles. The van der Waals surface area contributed by atoms with Crippen LogP contribution in [0.25, 0.3) is 11.0 Å². The van der Waals surface area contributed by atoms with Crippen molar-refractivity contribution in [3.63, 3.8) is 0 Å². The van der Waals surface area contributed by atoms with Gasteiger partial charge in [0.05, 0.1) is 17.6 Å². The normalized spacial score (nSPS) is 11.9. The lowest BCUT2D eigenvalue weighted by atomic mass is 9.97. The number of fused-ring (bicyclic) bond motifs is 1. The zero-order valence-electron chi connectivity index (χ0n) is 16.6. The number of ether oxygens (including phenoxy) is 1. The third kappa shape index (κ3) is 3.76. The van der Waals surface area contributed by atoms with Crippen molar-refractivity contribution in [3.05, 3.63) is 71.6 Å². The van der Waals surface area contributed by atoms with Gasteiger partial charge in [-0.25, -0.2) is 4.98 Å². The summed E-state index contributed by atoms with van der Waals surface area (Å²) in [5, 5.41) is 4.16. The maximum absolute atomic E-state index is 5.97.